The van der Waals surface area contributed by atoms with Crippen LogP contribution in [0, 0.1) is 17.3 Å². The summed E-state index contributed by atoms with van der Waals surface area (Å²) >= 11 is 0. The number of likely N-dealkylation sites (tertiary alicyclic amines) is 1. The molecule has 1 saturated heterocycles. The van der Waals surface area contributed by atoms with Crippen molar-refractivity contribution in [1.29, 1.82) is 0 Å². The SMILES string of the molecule is CNC(=O)c1cn(CC2(O)CCN(C(=O)C3CCC(C(F)(F)F)C3)CC23CCCC3)c(=O)cc1-c1ccccc1. The molecule has 2 aromatic rings. The van der Waals surface area contributed by atoms with Gasteiger partial charge in [-0.25, -0.2) is 0 Å². The number of amides is 2. The minimum absolute atomic E-state index is 0.0294. The molecule has 2 aliphatic carbocycles. The van der Waals surface area contributed by atoms with Crippen LogP contribution in [0.1, 0.15) is 61.7 Å². The largest absolute Gasteiger partial charge is 0.391 e. The molecule has 40 heavy (non-hydrogen) atoms. The Morgan fingerprint density at radius 1 is 1.10 bits per heavy atom. The van der Waals surface area contributed by atoms with Gasteiger partial charge < -0.3 is 19.9 Å². The van der Waals surface area contributed by atoms with Crippen molar-refractivity contribution in [3.05, 3.63) is 58.5 Å². The number of nitrogens with zero attached hydrogens (tertiary/aromatic N) is 2. The average molecular weight is 560 g/mol. The van der Waals surface area contributed by atoms with Gasteiger partial charge in [0.05, 0.1) is 23.6 Å². The van der Waals surface area contributed by atoms with Crippen LogP contribution in [0.4, 0.5) is 13.2 Å². The summed E-state index contributed by atoms with van der Waals surface area (Å²) < 4.78 is 41.1. The van der Waals surface area contributed by atoms with Gasteiger partial charge in [-0.3, -0.25) is 14.4 Å². The number of carbonyl (C=O) groups excluding carboxylic acids is 2. The third-order valence-corrected chi connectivity index (χ3v) is 9.51. The highest BCUT2D eigenvalue weighted by molar-refractivity contribution is 6.00. The predicted molar refractivity (Wildman–Crippen MR) is 143 cm³/mol. The molecule has 1 aliphatic heterocycles. The number of carbonyl (C=O) groups is 2. The number of nitrogens with one attached hydrogen (secondary N) is 1. The molecular weight excluding hydrogens is 523 g/mol. The molecule has 5 rings (SSSR count). The fourth-order valence-corrected chi connectivity index (χ4v) is 7.20. The monoisotopic (exact) mass is 559 g/mol. The third kappa shape index (κ3) is 5.18. The first-order valence-corrected chi connectivity index (χ1v) is 14.1. The van der Waals surface area contributed by atoms with Crippen molar-refractivity contribution in [2.45, 2.75) is 69.7 Å². The zero-order chi connectivity index (χ0) is 28.7. The van der Waals surface area contributed by atoms with Crippen LogP contribution in [-0.4, -0.2) is 58.3 Å². The number of hydrogen-bond donors (Lipinski definition) is 2. The van der Waals surface area contributed by atoms with Crippen LogP contribution in [0.2, 0.25) is 0 Å². The quantitative estimate of drug-likeness (QED) is 0.569. The van der Waals surface area contributed by atoms with Crippen LogP contribution in [0.5, 0.6) is 0 Å². The van der Waals surface area contributed by atoms with Crippen LogP contribution in [0.25, 0.3) is 11.1 Å². The first kappa shape index (κ1) is 28.4. The summed E-state index contributed by atoms with van der Waals surface area (Å²) in [4.78, 5) is 41.1. The number of aliphatic hydroxyl groups is 1. The minimum Gasteiger partial charge on any atom is -0.387 e. The number of alkyl halides is 3. The van der Waals surface area contributed by atoms with E-state index in [0.717, 1.165) is 18.4 Å². The van der Waals surface area contributed by atoms with E-state index in [-0.39, 0.29) is 62.7 Å². The summed E-state index contributed by atoms with van der Waals surface area (Å²) in [5.41, 5.74) is -0.808. The van der Waals surface area contributed by atoms with Crippen molar-refractivity contribution in [2.75, 3.05) is 20.1 Å². The number of hydrogen-bond acceptors (Lipinski definition) is 4. The molecule has 2 saturated carbocycles. The van der Waals surface area contributed by atoms with Gasteiger partial charge in [0.25, 0.3) is 11.5 Å². The zero-order valence-electron chi connectivity index (χ0n) is 22.7. The van der Waals surface area contributed by atoms with Crippen molar-refractivity contribution >= 4 is 11.8 Å². The van der Waals surface area contributed by atoms with Crippen molar-refractivity contribution in [3.8, 4) is 11.1 Å². The summed E-state index contributed by atoms with van der Waals surface area (Å²) in [6, 6.07) is 10.6. The molecule has 7 nitrogen and oxygen atoms in total. The average Bonchev–Trinajstić information content (AvgIpc) is 3.62. The second-order valence-electron chi connectivity index (χ2n) is 11.8. The molecule has 0 radical (unpaired) electrons. The molecule has 3 fully saturated rings. The number of pyridine rings is 1. The summed E-state index contributed by atoms with van der Waals surface area (Å²) in [7, 11) is 1.52. The number of benzene rings is 1. The van der Waals surface area contributed by atoms with E-state index in [2.05, 4.69) is 5.32 Å². The topological polar surface area (TPSA) is 91.6 Å². The van der Waals surface area contributed by atoms with Crippen LogP contribution in [0.3, 0.4) is 0 Å². The zero-order valence-corrected chi connectivity index (χ0v) is 22.7. The minimum atomic E-state index is -4.29. The molecular formula is C30H36F3N3O4. The highest BCUT2D eigenvalue weighted by Gasteiger charge is 2.56. The smallest absolute Gasteiger partial charge is 0.387 e. The maximum Gasteiger partial charge on any atom is 0.391 e. The third-order valence-electron chi connectivity index (χ3n) is 9.51. The van der Waals surface area contributed by atoms with E-state index in [1.165, 1.54) is 23.9 Å². The Morgan fingerprint density at radius 3 is 2.42 bits per heavy atom. The van der Waals surface area contributed by atoms with Gasteiger partial charge >= 0.3 is 6.18 Å². The number of rotatable bonds is 5. The fraction of sp³-hybridized carbons (Fsp3) is 0.567. The van der Waals surface area contributed by atoms with Crippen LogP contribution in [0.15, 0.2) is 47.4 Å². The van der Waals surface area contributed by atoms with Gasteiger partial charge in [-0.2, -0.15) is 13.2 Å². The molecule has 3 aliphatic rings. The summed E-state index contributed by atoms with van der Waals surface area (Å²) in [6.07, 6.45) is 0.450. The van der Waals surface area contributed by atoms with Crippen molar-refractivity contribution < 1.29 is 27.9 Å². The van der Waals surface area contributed by atoms with Gasteiger partial charge in [0, 0.05) is 49.3 Å². The lowest BCUT2D eigenvalue weighted by atomic mass is 9.65. The molecule has 2 amide bonds. The molecule has 1 aromatic carbocycles. The Hall–Kier alpha value is -3.14. The van der Waals surface area contributed by atoms with Gasteiger partial charge in [-0.15, -0.1) is 0 Å². The summed E-state index contributed by atoms with van der Waals surface area (Å²) in [5.74, 6) is -2.71. The van der Waals surface area contributed by atoms with Crippen molar-refractivity contribution in [3.63, 3.8) is 0 Å². The standard InChI is InChI=1S/C30H36F3N3O4/c1-34-26(38)24-17-36(25(37)16-23(24)20-7-3-2-4-8-20)19-29(40)13-14-35(18-28(29)11-5-6-12-28)27(39)21-9-10-22(15-21)30(31,32)33/h2-4,7-8,16-17,21-22,40H,5-6,9-15,18-19H2,1H3,(H,34,38). The highest BCUT2D eigenvalue weighted by atomic mass is 19.4. The Kier molecular flexibility index (Phi) is 7.58. The second-order valence-corrected chi connectivity index (χ2v) is 11.8. The van der Waals surface area contributed by atoms with E-state index in [1.807, 2.05) is 30.3 Å². The Bertz CT molecular complexity index is 1320. The Morgan fingerprint density at radius 2 is 1.80 bits per heavy atom. The maximum atomic E-state index is 13.3. The van der Waals surface area contributed by atoms with E-state index in [4.69, 9.17) is 0 Å². The molecule has 3 atom stereocenters. The lowest BCUT2D eigenvalue weighted by Gasteiger charge is -2.52. The molecule has 1 spiro atoms. The van der Waals surface area contributed by atoms with Gasteiger partial charge in [0.1, 0.15) is 0 Å². The highest BCUT2D eigenvalue weighted by Crippen LogP contribution is 2.52. The molecule has 0 bridgehead atoms. The van der Waals surface area contributed by atoms with Crippen LogP contribution >= 0.6 is 0 Å². The second kappa shape index (κ2) is 10.7. The molecule has 3 unspecified atom stereocenters. The molecule has 1 aromatic heterocycles. The lowest BCUT2D eigenvalue weighted by molar-refractivity contribution is -0.174. The van der Waals surface area contributed by atoms with Crippen LogP contribution < -0.4 is 10.9 Å². The van der Waals surface area contributed by atoms with Gasteiger partial charge in [0.15, 0.2) is 0 Å². The first-order chi connectivity index (χ1) is 19.0. The molecule has 2 heterocycles. The fourth-order valence-electron chi connectivity index (χ4n) is 7.20. The molecule has 10 heteroatoms. The number of aromatic nitrogens is 1. The normalized spacial score (nSPS) is 26.3. The number of halogens is 3. The lowest BCUT2D eigenvalue weighted by Crippen LogP contribution is -2.62. The molecule has 2 N–H and O–H groups in total. The van der Waals surface area contributed by atoms with Gasteiger partial charge in [-0.05, 0) is 44.1 Å². The maximum absolute atomic E-state index is 13.3. The van der Waals surface area contributed by atoms with Gasteiger partial charge in [0.2, 0.25) is 5.91 Å². The summed E-state index contributed by atoms with van der Waals surface area (Å²) in [6.45, 7) is 0.435. The van der Waals surface area contributed by atoms with E-state index >= 15 is 0 Å². The summed E-state index contributed by atoms with van der Waals surface area (Å²) in [5, 5.41) is 14.8. The predicted octanol–water partition coefficient (Wildman–Crippen LogP) is 4.38. The van der Waals surface area contributed by atoms with Gasteiger partial charge in [-0.1, -0.05) is 43.2 Å². The van der Waals surface area contributed by atoms with Crippen molar-refractivity contribution in [2.24, 2.45) is 17.3 Å². The Balaban J connectivity index is 1.41. The van der Waals surface area contributed by atoms with E-state index in [0.29, 0.717) is 24.0 Å². The van der Waals surface area contributed by atoms with E-state index in [1.54, 1.807) is 4.90 Å². The number of piperidine rings is 1. The first-order valence-electron chi connectivity index (χ1n) is 14.1. The van der Waals surface area contributed by atoms with Crippen molar-refractivity contribution in [1.82, 2.24) is 14.8 Å². The Labute approximate surface area is 231 Å². The molecule has 216 valence electrons. The van der Waals surface area contributed by atoms with Crippen LogP contribution in [-0.2, 0) is 11.3 Å². The van der Waals surface area contributed by atoms with E-state index < -0.39 is 29.0 Å². The van der Waals surface area contributed by atoms with E-state index in [9.17, 15) is 32.7 Å².